The van der Waals surface area contributed by atoms with Crippen LogP contribution in [0.15, 0.2) is 53.5 Å². The van der Waals surface area contributed by atoms with Gasteiger partial charge in [0.05, 0.1) is 21.1 Å². The molecule has 0 bridgehead atoms. The summed E-state index contributed by atoms with van der Waals surface area (Å²) in [6, 6.07) is 11.9. The van der Waals surface area contributed by atoms with E-state index in [9.17, 15) is 14.4 Å². The van der Waals surface area contributed by atoms with E-state index in [1.807, 2.05) is 0 Å². The van der Waals surface area contributed by atoms with Crippen LogP contribution in [0.4, 0.5) is 23.1 Å². The van der Waals surface area contributed by atoms with Gasteiger partial charge in [-0.15, -0.1) is 0 Å². The average Bonchev–Trinajstić information content (AvgIpc) is 2.90. The van der Waals surface area contributed by atoms with Crippen LogP contribution in [0, 0.1) is 5.92 Å². The summed E-state index contributed by atoms with van der Waals surface area (Å²) < 4.78 is 1.12. The van der Waals surface area contributed by atoms with E-state index in [0.29, 0.717) is 42.7 Å². The molecule has 1 aliphatic heterocycles. The second-order valence-electron chi connectivity index (χ2n) is 9.09. The van der Waals surface area contributed by atoms with Crippen LogP contribution in [0.25, 0.3) is 16.7 Å². The van der Waals surface area contributed by atoms with E-state index in [0.717, 1.165) is 4.57 Å². The zero-order valence-electron chi connectivity index (χ0n) is 20.8. The summed E-state index contributed by atoms with van der Waals surface area (Å²) in [4.78, 5) is 51.6. The highest BCUT2D eigenvalue weighted by Gasteiger charge is 2.26. The van der Waals surface area contributed by atoms with Crippen molar-refractivity contribution in [3.05, 3.63) is 69.2 Å². The Kier molecular flexibility index (Phi) is 7.36. The largest absolute Gasteiger partial charge is 0.384 e. The number of fused-ring (bicyclic) bond motifs is 1. The summed E-state index contributed by atoms with van der Waals surface area (Å²) in [6.07, 6.45) is 2.69. The fourth-order valence-corrected chi connectivity index (χ4v) is 5.05. The molecule has 0 aliphatic carbocycles. The fraction of sp³-hybridized carbons (Fsp3) is 0.231. The number of hydrogen-bond acceptors (Lipinski definition) is 8. The molecule has 2 aromatic heterocycles. The monoisotopic (exact) mass is 566 g/mol. The highest BCUT2D eigenvalue weighted by molar-refractivity contribution is 6.37. The quantitative estimate of drug-likeness (QED) is 0.328. The highest BCUT2D eigenvalue weighted by atomic mass is 35.5. The topological polar surface area (TPSA) is 148 Å². The van der Waals surface area contributed by atoms with Crippen LogP contribution in [-0.4, -0.2) is 49.3 Å². The Labute approximate surface area is 233 Å². The molecule has 3 heterocycles. The molecule has 11 nitrogen and oxygen atoms in total. The number of likely N-dealkylation sites (tertiary alicyclic amines) is 1. The molecule has 2 amide bonds. The van der Waals surface area contributed by atoms with E-state index >= 15 is 0 Å². The smallest absolute Gasteiger partial charge is 0.355 e. The zero-order chi connectivity index (χ0) is 27.7. The number of para-hydroxylation sites is 1. The number of rotatable bonds is 5. The normalized spacial score (nSPS) is 13.9. The predicted octanol–water partition coefficient (Wildman–Crippen LogP) is 4.01. The van der Waals surface area contributed by atoms with Crippen molar-refractivity contribution in [3.8, 4) is 5.69 Å². The molecule has 0 saturated carbocycles. The Morgan fingerprint density at radius 1 is 1.03 bits per heavy atom. The summed E-state index contributed by atoms with van der Waals surface area (Å²) in [5.41, 5.74) is 7.12. The van der Waals surface area contributed by atoms with Gasteiger partial charge in [-0.25, -0.2) is 14.3 Å². The van der Waals surface area contributed by atoms with Gasteiger partial charge < -0.3 is 21.3 Å². The van der Waals surface area contributed by atoms with Gasteiger partial charge in [0.1, 0.15) is 5.82 Å². The number of nitrogens with zero attached hydrogens (tertiary/aromatic N) is 5. The third kappa shape index (κ3) is 5.50. The van der Waals surface area contributed by atoms with E-state index in [-0.39, 0.29) is 50.9 Å². The standard InChI is InChI=1S/C26H24Cl2N8O3/c1-14(37)35-10-8-15(9-11-35)24(38)31-16-4-2-5-17(12-16)32-25-30-13-18-22(29)36(26(39)34-23(18)33-25)21-19(27)6-3-7-20(21)28/h2-7,12-13,15H,8-11,29H2,1H3,(H,31,38)(H,32,33,34,39). The first kappa shape index (κ1) is 26.4. The van der Waals surface area contributed by atoms with Crippen molar-refractivity contribution in [2.24, 2.45) is 5.92 Å². The number of nitrogens with two attached hydrogens (primary N) is 1. The lowest BCUT2D eigenvalue weighted by atomic mass is 9.96. The molecule has 0 unspecified atom stereocenters. The lowest BCUT2D eigenvalue weighted by Gasteiger charge is -2.30. The van der Waals surface area contributed by atoms with E-state index in [4.69, 9.17) is 28.9 Å². The fourth-order valence-electron chi connectivity index (χ4n) is 4.49. The van der Waals surface area contributed by atoms with Crippen LogP contribution in [-0.2, 0) is 9.59 Å². The lowest BCUT2D eigenvalue weighted by molar-refractivity contribution is -0.132. The van der Waals surface area contributed by atoms with Gasteiger partial charge in [-0.05, 0) is 43.2 Å². The Bertz CT molecular complexity index is 1630. The summed E-state index contributed by atoms with van der Waals surface area (Å²) >= 11 is 12.5. The predicted molar refractivity (Wildman–Crippen MR) is 151 cm³/mol. The maximum Gasteiger partial charge on any atom is 0.355 e. The summed E-state index contributed by atoms with van der Waals surface area (Å²) in [5, 5.41) is 6.82. The van der Waals surface area contributed by atoms with Crippen LogP contribution in [0.1, 0.15) is 19.8 Å². The molecule has 4 N–H and O–H groups in total. The van der Waals surface area contributed by atoms with Crippen LogP contribution in [0.3, 0.4) is 0 Å². The van der Waals surface area contributed by atoms with Crippen molar-refractivity contribution in [2.45, 2.75) is 19.8 Å². The van der Waals surface area contributed by atoms with Gasteiger partial charge in [0.25, 0.3) is 0 Å². The second-order valence-corrected chi connectivity index (χ2v) is 9.91. The molecule has 5 rings (SSSR count). The molecule has 4 aromatic rings. The number of aromatic nitrogens is 4. The molecule has 1 aliphatic rings. The number of hydrogen-bond donors (Lipinski definition) is 3. The second kappa shape index (κ2) is 10.9. The SMILES string of the molecule is CC(=O)N1CCC(C(=O)Nc2cccc(Nc3ncc4c(N)n(-c5c(Cl)cccc5Cl)c(=O)nc4n3)c2)CC1. The minimum Gasteiger partial charge on any atom is -0.384 e. The van der Waals surface area contributed by atoms with Gasteiger partial charge in [-0.2, -0.15) is 9.97 Å². The van der Waals surface area contributed by atoms with Gasteiger partial charge in [0.2, 0.25) is 17.8 Å². The van der Waals surface area contributed by atoms with E-state index in [1.54, 1.807) is 47.4 Å². The van der Waals surface area contributed by atoms with Crippen molar-refractivity contribution < 1.29 is 9.59 Å². The molecule has 0 spiro atoms. The molecule has 13 heteroatoms. The Morgan fingerprint density at radius 2 is 1.69 bits per heavy atom. The first-order valence-corrected chi connectivity index (χ1v) is 12.9. The highest BCUT2D eigenvalue weighted by Crippen LogP contribution is 2.30. The van der Waals surface area contributed by atoms with Crippen LogP contribution in [0.2, 0.25) is 10.0 Å². The molecule has 0 radical (unpaired) electrons. The number of carbonyl (C=O) groups excluding carboxylic acids is 2. The minimum atomic E-state index is -0.696. The van der Waals surface area contributed by atoms with Crippen LogP contribution >= 0.6 is 23.2 Å². The number of nitrogen functional groups attached to an aromatic ring is 1. The number of anilines is 4. The van der Waals surface area contributed by atoms with E-state index in [1.165, 1.54) is 13.1 Å². The molecular formula is C26H24Cl2N8O3. The minimum absolute atomic E-state index is 0.0251. The first-order valence-electron chi connectivity index (χ1n) is 12.1. The van der Waals surface area contributed by atoms with Crippen molar-refractivity contribution >= 4 is 69.2 Å². The van der Waals surface area contributed by atoms with Gasteiger partial charge in [0, 0.05) is 43.5 Å². The third-order valence-electron chi connectivity index (χ3n) is 6.54. The third-order valence-corrected chi connectivity index (χ3v) is 7.15. The average molecular weight is 567 g/mol. The molecule has 1 fully saturated rings. The van der Waals surface area contributed by atoms with Crippen molar-refractivity contribution in [1.82, 2.24) is 24.4 Å². The number of nitrogens with one attached hydrogen (secondary N) is 2. The van der Waals surface area contributed by atoms with Crippen molar-refractivity contribution in [1.29, 1.82) is 0 Å². The summed E-state index contributed by atoms with van der Waals surface area (Å²) in [6.45, 7) is 2.68. The van der Waals surface area contributed by atoms with E-state index in [2.05, 4.69) is 25.6 Å². The maximum absolute atomic E-state index is 12.9. The zero-order valence-corrected chi connectivity index (χ0v) is 22.3. The Balaban J connectivity index is 1.34. The lowest BCUT2D eigenvalue weighted by Crippen LogP contribution is -2.40. The number of piperidine rings is 1. The summed E-state index contributed by atoms with van der Waals surface area (Å²) in [5.74, 6) is -0.000887. The number of halogens is 2. The van der Waals surface area contributed by atoms with Crippen LogP contribution in [0.5, 0.6) is 0 Å². The molecule has 0 atom stereocenters. The number of benzene rings is 2. The number of carbonyl (C=O) groups is 2. The Hall–Kier alpha value is -4.22. The van der Waals surface area contributed by atoms with Gasteiger partial charge >= 0.3 is 5.69 Å². The molecular weight excluding hydrogens is 543 g/mol. The Morgan fingerprint density at radius 3 is 2.38 bits per heavy atom. The molecule has 39 heavy (non-hydrogen) atoms. The molecule has 200 valence electrons. The van der Waals surface area contributed by atoms with Gasteiger partial charge in [-0.3, -0.25) is 9.59 Å². The van der Waals surface area contributed by atoms with Crippen molar-refractivity contribution in [2.75, 3.05) is 29.5 Å². The molecule has 1 saturated heterocycles. The molecule has 2 aromatic carbocycles. The summed E-state index contributed by atoms with van der Waals surface area (Å²) in [7, 11) is 0. The number of amides is 2. The van der Waals surface area contributed by atoms with Gasteiger partial charge in [-0.1, -0.05) is 35.3 Å². The maximum atomic E-state index is 12.9. The van der Waals surface area contributed by atoms with Gasteiger partial charge in [0.15, 0.2) is 5.65 Å². The first-order chi connectivity index (χ1) is 18.7. The van der Waals surface area contributed by atoms with Crippen LogP contribution < -0.4 is 22.1 Å². The van der Waals surface area contributed by atoms with Crippen molar-refractivity contribution in [3.63, 3.8) is 0 Å². The van der Waals surface area contributed by atoms with E-state index < -0.39 is 5.69 Å².